The molecule has 0 saturated heterocycles. The summed E-state index contributed by atoms with van der Waals surface area (Å²) in [5.41, 5.74) is 1.12. The number of nitrogens with one attached hydrogen (secondary N) is 2. The predicted molar refractivity (Wildman–Crippen MR) is 75.0 cm³/mol. The van der Waals surface area contributed by atoms with E-state index in [2.05, 4.69) is 10.6 Å². The van der Waals surface area contributed by atoms with Gasteiger partial charge in [-0.15, -0.1) is 0 Å². The van der Waals surface area contributed by atoms with Crippen molar-refractivity contribution in [2.45, 2.75) is 31.8 Å². The lowest BCUT2D eigenvalue weighted by Crippen LogP contribution is -2.28. The summed E-state index contributed by atoms with van der Waals surface area (Å²) < 4.78 is 5.18. The molecule has 1 fully saturated rings. The van der Waals surface area contributed by atoms with Gasteiger partial charge in [-0.2, -0.15) is 5.26 Å². The lowest BCUT2D eigenvalue weighted by atomic mass is 10.2. The Kier molecular flexibility index (Phi) is 5.39. The van der Waals surface area contributed by atoms with E-state index in [0.29, 0.717) is 24.8 Å². The molecule has 20 heavy (non-hydrogen) atoms. The average molecular weight is 273 g/mol. The van der Waals surface area contributed by atoms with Gasteiger partial charge in [-0.1, -0.05) is 12.1 Å². The predicted octanol–water partition coefficient (Wildman–Crippen LogP) is 1.35. The normalized spacial score (nSPS) is 13.6. The van der Waals surface area contributed by atoms with Crippen LogP contribution in [0.2, 0.25) is 0 Å². The lowest BCUT2D eigenvalue weighted by molar-refractivity contribution is -0.121. The molecule has 0 atom stereocenters. The van der Waals surface area contributed by atoms with E-state index < -0.39 is 0 Å². The molecule has 0 spiro atoms. The number of carbonyl (C=O) groups is 1. The van der Waals surface area contributed by atoms with Crippen LogP contribution in [0.25, 0.3) is 0 Å². The molecule has 1 aromatic carbocycles. The zero-order chi connectivity index (χ0) is 14.2. The first-order chi connectivity index (χ1) is 9.78. The number of hydrogen-bond donors (Lipinski definition) is 2. The minimum absolute atomic E-state index is 0.0632. The van der Waals surface area contributed by atoms with Crippen LogP contribution in [0.3, 0.4) is 0 Å². The molecule has 1 aliphatic rings. The van der Waals surface area contributed by atoms with Crippen LogP contribution in [-0.4, -0.2) is 25.1 Å². The Bertz CT molecular complexity index is 475. The van der Waals surface area contributed by atoms with Crippen LogP contribution in [-0.2, 0) is 11.3 Å². The van der Waals surface area contributed by atoms with Gasteiger partial charge in [-0.3, -0.25) is 4.79 Å². The number of rotatable bonds is 8. The van der Waals surface area contributed by atoms with E-state index in [-0.39, 0.29) is 12.5 Å². The smallest absolute Gasteiger partial charge is 0.221 e. The topological polar surface area (TPSA) is 74.1 Å². The van der Waals surface area contributed by atoms with Crippen LogP contribution in [0.4, 0.5) is 0 Å². The molecule has 1 aliphatic carbocycles. The minimum Gasteiger partial charge on any atom is -0.479 e. The zero-order valence-electron chi connectivity index (χ0n) is 11.4. The molecule has 2 rings (SSSR count). The fraction of sp³-hybridized carbons (Fsp3) is 0.467. The number of nitrogens with zero attached hydrogens (tertiary/aromatic N) is 1. The summed E-state index contributed by atoms with van der Waals surface area (Å²) in [5, 5.41) is 14.6. The van der Waals surface area contributed by atoms with Crippen molar-refractivity contribution in [3.05, 3.63) is 29.8 Å². The molecule has 0 radical (unpaired) electrons. The molecule has 5 nitrogen and oxygen atoms in total. The summed E-state index contributed by atoms with van der Waals surface area (Å²) in [5.74, 6) is 0.819. The molecule has 2 N–H and O–H groups in total. The second-order valence-electron chi connectivity index (χ2n) is 4.86. The third-order valence-electron chi connectivity index (χ3n) is 3.03. The molecular weight excluding hydrogens is 254 g/mol. The molecule has 0 aliphatic heterocycles. The molecule has 5 heteroatoms. The Balaban J connectivity index is 1.61. The zero-order valence-corrected chi connectivity index (χ0v) is 11.4. The van der Waals surface area contributed by atoms with Crippen LogP contribution in [0.15, 0.2) is 24.3 Å². The fourth-order valence-corrected chi connectivity index (χ4v) is 1.78. The van der Waals surface area contributed by atoms with Crippen LogP contribution in [0.5, 0.6) is 5.75 Å². The Morgan fingerprint density at radius 3 is 2.75 bits per heavy atom. The number of hydrogen-bond acceptors (Lipinski definition) is 4. The van der Waals surface area contributed by atoms with Crippen molar-refractivity contribution >= 4 is 5.91 Å². The quantitative estimate of drug-likeness (QED) is 0.701. The highest BCUT2D eigenvalue weighted by atomic mass is 16.5. The van der Waals surface area contributed by atoms with E-state index in [1.807, 2.05) is 30.3 Å². The van der Waals surface area contributed by atoms with Crippen LogP contribution in [0, 0.1) is 11.3 Å². The van der Waals surface area contributed by atoms with Crippen molar-refractivity contribution in [2.75, 3.05) is 13.2 Å². The van der Waals surface area contributed by atoms with Gasteiger partial charge >= 0.3 is 0 Å². The molecule has 0 aromatic heterocycles. The summed E-state index contributed by atoms with van der Waals surface area (Å²) in [7, 11) is 0. The first-order valence-electron chi connectivity index (χ1n) is 6.86. The monoisotopic (exact) mass is 273 g/mol. The number of benzene rings is 1. The average Bonchev–Trinajstić information content (AvgIpc) is 3.26. The molecular formula is C15H19N3O2. The number of nitriles is 1. The van der Waals surface area contributed by atoms with E-state index in [1.165, 1.54) is 0 Å². The van der Waals surface area contributed by atoms with E-state index >= 15 is 0 Å². The van der Waals surface area contributed by atoms with Gasteiger partial charge < -0.3 is 15.4 Å². The van der Waals surface area contributed by atoms with Gasteiger partial charge in [0.2, 0.25) is 5.91 Å². The molecule has 106 valence electrons. The van der Waals surface area contributed by atoms with Crippen molar-refractivity contribution in [3.63, 3.8) is 0 Å². The third kappa shape index (κ3) is 5.29. The second-order valence-corrected chi connectivity index (χ2v) is 4.86. The summed E-state index contributed by atoms with van der Waals surface area (Å²) in [6.45, 7) is 1.45. The summed E-state index contributed by atoms with van der Waals surface area (Å²) >= 11 is 0. The number of ether oxygens (including phenoxy) is 1. The van der Waals surface area contributed by atoms with Gasteiger partial charge in [0.05, 0.1) is 0 Å². The van der Waals surface area contributed by atoms with E-state index in [4.69, 9.17) is 10.00 Å². The lowest BCUT2D eigenvalue weighted by Gasteiger charge is -2.07. The Morgan fingerprint density at radius 1 is 1.35 bits per heavy atom. The summed E-state index contributed by atoms with van der Waals surface area (Å²) in [6.07, 6.45) is 2.76. The molecule has 1 amide bonds. The van der Waals surface area contributed by atoms with Gasteiger partial charge in [0, 0.05) is 25.6 Å². The number of carbonyl (C=O) groups excluding carboxylic acids is 1. The largest absolute Gasteiger partial charge is 0.479 e. The maximum atomic E-state index is 11.5. The number of amides is 1. The minimum atomic E-state index is 0.0632. The highest BCUT2D eigenvalue weighted by Gasteiger charge is 2.22. The van der Waals surface area contributed by atoms with E-state index in [0.717, 1.165) is 24.9 Å². The fourth-order valence-electron chi connectivity index (χ4n) is 1.78. The van der Waals surface area contributed by atoms with Crippen LogP contribution < -0.4 is 15.4 Å². The molecule has 0 bridgehead atoms. The van der Waals surface area contributed by atoms with Crippen molar-refractivity contribution in [1.29, 1.82) is 5.26 Å². The van der Waals surface area contributed by atoms with Gasteiger partial charge in [0.25, 0.3) is 0 Å². The van der Waals surface area contributed by atoms with Gasteiger partial charge in [0.1, 0.15) is 11.8 Å². The highest BCUT2D eigenvalue weighted by Crippen LogP contribution is 2.18. The van der Waals surface area contributed by atoms with Crippen molar-refractivity contribution in [1.82, 2.24) is 10.6 Å². The second kappa shape index (κ2) is 7.51. The van der Waals surface area contributed by atoms with Gasteiger partial charge in [-0.05, 0) is 30.5 Å². The maximum Gasteiger partial charge on any atom is 0.221 e. The van der Waals surface area contributed by atoms with Crippen LogP contribution in [0.1, 0.15) is 24.8 Å². The third-order valence-corrected chi connectivity index (χ3v) is 3.03. The highest BCUT2D eigenvalue weighted by molar-refractivity contribution is 5.76. The van der Waals surface area contributed by atoms with Crippen molar-refractivity contribution < 1.29 is 9.53 Å². The van der Waals surface area contributed by atoms with Gasteiger partial charge in [-0.25, -0.2) is 0 Å². The summed E-state index contributed by atoms with van der Waals surface area (Å²) in [4.78, 5) is 11.5. The molecule has 0 heterocycles. The Hall–Kier alpha value is -2.06. The van der Waals surface area contributed by atoms with E-state index in [9.17, 15) is 4.79 Å². The van der Waals surface area contributed by atoms with Crippen LogP contribution >= 0.6 is 0 Å². The Morgan fingerprint density at radius 2 is 2.10 bits per heavy atom. The molecule has 0 unspecified atom stereocenters. The van der Waals surface area contributed by atoms with Crippen molar-refractivity contribution in [3.8, 4) is 11.8 Å². The van der Waals surface area contributed by atoms with Crippen molar-refractivity contribution in [2.24, 2.45) is 0 Å². The Labute approximate surface area is 118 Å². The van der Waals surface area contributed by atoms with Gasteiger partial charge in [0.15, 0.2) is 6.61 Å². The molecule has 1 saturated carbocycles. The first-order valence-corrected chi connectivity index (χ1v) is 6.86. The standard InChI is InChI=1S/C15H19N3O2/c16-8-10-20-14-5-1-12(2-6-14)11-17-9-7-15(19)18-13-3-4-13/h1-2,5-6,13,17H,3-4,7,9-11H2,(H,18,19). The molecule has 1 aromatic rings. The first kappa shape index (κ1) is 14.4. The SMILES string of the molecule is N#CCOc1ccc(CNCCC(=O)NC2CC2)cc1. The summed E-state index contributed by atoms with van der Waals surface area (Å²) in [6, 6.07) is 9.94. The maximum absolute atomic E-state index is 11.5. The van der Waals surface area contributed by atoms with E-state index in [1.54, 1.807) is 0 Å².